The summed E-state index contributed by atoms with van der Waals surface area (Å²) in [6.07, 6.45) is 0. The van der Waals surface area contributed by atoms with Gasteiger partial charge in [0.15, 0.2) is 0 Å². The van der Waals surface area contributed by atoms with E-state index in [-0.39, 0.29) is 22.0 Å². The normalized spacial score (nSPS) is 11.4. The van der Waals surface area contributed by atoms with E-state index < -0.39 is 5.82 Å². The number of carbonyl (C=O) groups is 1. The van der Waals surface area contributed by atoms with Crippen LogP contribution in [0.15, 0.2) is 18.2 Å². The fourth-order valence-electron chi connectivity index (χ4n) is 1.21. The molecule has 0 radical (unpaired) electrons. The van der Waals surface area contributed by atoms with Gasteiger partial charge in [-0.25, -0.2) is 4.39 Å². The molecule has 0 atom stereocenters. The summed E-state index contributed by atoms with van der Waals surface area (Å²) >= 11 is 9.14. The molecule has 0 saturated carbocycles. The lowest BCUT2D eigenvalue weighted by molar-refractivity contribution is 0.0663. The Balaban J connectivity index is 3.09. The Labute approximate surface area is 114 Å². The van der Waals surface area contributed by atoms with Gasteiger partial charge in [-0.3, -0.25) is 4.79 Å². The standard InChI is InChI=1S/C12H14BrClFNO/c1-12(2,7-13)16(3)11(17)8-5-4-6-9(15)10(8)14/h4-6H,7H2,1-3H3. The number of hydrogen-bond acceptors (Lipinski definition) is 1. The SMILES string of the molecule is CN(C(=O)c1cccc(F)c1Cl)C(C)(C)CBr. The molecule has 0 bridgehead atoms. The Morgan fingerprint density at radius 2 is 2.12 bits per heavy atom. The van der Waals surface area contributed by atoms with Crippen LogP contribution in [-0.4, -0.2) is 28.7 Å². The van der Waals surface area contributed by atoms with Crippen molar-refractivity contribution in [2.75, 3.05) is 12.4 Å². The third kappa shape index (κ3) is 2.99. The summed E-state index contributed by atoms with van der Waals surface area (Å²) in [4.78, 5) is 13.7. The first-order valence-corrected chi connectivity index (χ1v) is 6.59. The molecule has 17 heavy (non-hydrogen) atoms. The highest BCUT2D eigenvalue weighted by Crippen LogP contribution is 2.24. The van der Waals surface area contributed by atoms with Crippen LogP contribution in [0.4, 0.5) is 4.39 Å². The molecule has 0 unspecified atom stereocenters. The summed E-state index contributed by atoms with van der Waals surface area (Å²) in [7, 11) is 1.67. The lowest BCUT2D eigenvalue weighted by Crippen LogP contribution is -2.46. The van der Waals surface area contributed by atoms with E-state index in [1.54, 1.807) is 11.9 Å². The number of carbonyl (C=O) groups excluding carboxylic acids is 1. The van der Waals surface area contributed by atoms with Crippen molar-refractivity contribution in [1.29, 1.82) is 0 Å². The van der Waals surface area contributed by atoms with Gasteiger partial charge in [0.25, 0.3) is 5.91 Å². The Kier molecular flexibility index (Phi) is 4.55. The molecule has 1 amide bonds. The monoisotopic (exact) mass is 321 g/mol. The van der Waals surface area contributed by atoms with Crippen molar-refractivity contribution in [1.82, 2.24) is 4.90 Å². The summed E-state index contributed by atoms with van der Waals surface area (Å²) < 4.78 is 13.3. The van der Waals surface area contributed by atoms with Crippen molar-refractivity contribution in [3.05, 3.63) is 34.6 Å². The number of alkyl halides is 1. The van der Waals surface area contributed by atoms with Crippen LogP contribution < -0.4 is 0 Å². The van der Waals surface area contributed by atoms with Crippen LogP contribution in [0, 0.1) is 5.82 Å². The zero-order valence-corrected chi connectivity index (χ0v) is 12.3. The molecule has 0 saturated heterocycles. The lowest BCUT2D eigenvalue weighted by Gasteiger charge is -2.34. The molecule has 0 spiro atoms. The predicted octanol–water partition coefficient (Wildman–Crippen LogP) is 3.72. The van der Waals surface area contributed by atoms with Gasteiger partial charge >= 0.3 is 0 Å². The van der Waals surface area contributed by atoms with E-state index >= 15 is 0 Å². The topological polar surface area (TPSA) is 20.3 Å². The average Bonchev–Trinajstić information content (AvgIpc) is 2.30. The number of rotatable bonds is 3. The van der Waals surface area contributed by atoms with E-state index in [1.807, 2.05) is 13.8 Å². The first kappa shape index (κ1) is 14.5. The average molecular weight is 323 g/mol. The second-order valence-corrected chi connectivity index (χ2v) is 5.35. The number of hydrogen-bond donors (Lipinski definition) is 0. The van der Waals surface area contributed by atoms with Crippen molar-refractivity contribution in [3.8, 4) is 0 Å². The van der Waals surface area contributed by atoms with Crippen molar-refractivity contribution in [2.24, 2.45) is 0 Å². The van der Waals surface area contributed by atoms with Crippen LogP contribution in [-0.2, 0) is 0 Å². The summed E-state index contributed by atoms with van der Waals surface area (Å²) in [5.74, 6) is -0.874. The molecule has 1 aromatic carbocycles. The molecule has 94 valence electrons. The maximum atomic E-state index is 13.3. The Bertz CT molecular complexity index is 437. The molecular formula is C12H14BrClFNO. The molecule has 5 heteroatoms. The summed E-state index contributed by atoms with van der Waals surface area (Å²) in [5, 5.41) is 0.490. The zero-order valence-electron chi connectivity index (χ0n) is 9.93. The van der Waals surface area contributed by atoms with Gasteiger partial charge in [0, 0.05) is 17.9 Å². The Hall–Kier alpha value is -0.610. The van der Waals surface area contributed by atoms with Gasteiger partial charge in [-0.2, -0.15) is 0 Å². The van der Waals surface area contributed by atoms with Crippen molar-refractivity contribution in [2.45, 2.75) is 19.4 Å². The Morgan fingerprint density at radius 3 is 2.65 bits per heavy atom. The Morgan fingerprint density at radius 1 is 1.53 bits per heavy atom. The molecule has 0 N–H and O–H groups in total. The molecule has 0 aromatic heterocycles. The molecule has 1 rings (SSSR count). The highest BCUT2D eigenvalue weighted by atomic mass is 79.9. The third-order valence-electron chi connectivity index (χ3n) is 2.72. The summed E-state index contributed by atoms with van der Waals surface area (Å²) in [6.45, 7) is 3.82. The van der Waals surface area contributed by atoms with Crippen LogP contribution >= 0.6 is 27.5 Å². The van der Waals surface area contributed by atoms with E-state index in [2.05, 4.69) is 15.9 Å². The second kappa shape index (κ2) is 5.36. The van der Waals surface area contributed by atoms with Gasteiger partial charge in [-0.1, -0.05) is 33.6 Å². The van der Waals surface area contributed by atoms with Gasteiger partial charge in [-0.05, 0) is 26.0 Å². The largest absolute Gasteiger partial charge is 0.336 e. The maximum Gasteiger partial charge on any atom is 0.255 e. The number of benzene rings is 1. The summed E-state index contributed by atoms with van der Waals surface area (Å²) in [6, 6.07) is 4.23. The van der Waals surface area contributed by atoms with Crippen LogP contribution in [0.1, 0.15) is 24.2 Å². The molecule has 2 nitrogen and oxygen atoms in total. The zero-order chi connectivity index (χ0) is 13.2. The minimum atomic E-state index is -0.581. The molecular weight excluding hydrogens is 308 g/mol. The molecule has 0 aliphatic rings. The van der Waals surface area contributed by atoms with E-state index in [9.17, 15) is 9.18 Å². The van der Waals surface area contributed by atoms with Crippen molar-refractivity contribution < 1.29 is 9.18 Å². The van der Waals surface area contributed by atoms with Crippen LogP contribution in [0.3, 0.4) is 0 Å². The first-order valence-electron chi connectivity index (χ1n) is 5.09. The molecule has 0 aliphatic carbocycles. The van der Waals surface area contributed by atoms with Crippen molar-refractivity contribution >= 4 is 33.4 Å². The van der Waals surface area contributed by atoms with Gasteiger partial charge in [0.05, 0.1) is 10.6 Å². The van der Waals surface area contributed by atoms with E-state index in [0.717, 1.165) is 0 Å². The van der Waals surface area contributed by atoms with Gasteiger partial charge in [0.2, 0.25) is 0 Å². The molecule has 0 fully saturated rings. The number of nitrogens with zero attached hydrogens (tertiary/aromatic N) is 1. The van der Waals surface area contributed by atoms with Gasteiger partial charge in [0.1, 0.15) is 5.82 Å². The predicted molar refractivity (Wildman–Crippen MR) is 71.4 cm³/mol. The second-order valence-electron chi connectivity index (χ2n) is 4.41. The number of amides is 1. The lowest BCUT2D eigenvalue weighted by atomic mass is 10.0. The smallest absolute Gasteiger partial charge is 0.255 e. The van der Waals surface area contributed by atoms with Crippen LogP contribution in [0.25, 0.3) is 0 Å². The molecule has 0 aliphatic heterocycles. The first-order chi connectivity index (χ1) is 7.81. The minimum absolute atomic E-state index is 0.130. The number of halogens is 3. The van der Waals surface area contributed by atoms with Gasteiger partial charge in [-0.15, -0.1) is 0 Å². The van der Waals surface area contributed by atoms with Crippen LogP contribution in [0.2, 0.25) is 5.02 Å². The quantitative estimate of drug-likeness (QED) is 0.777. The molecule has 1 aromatic rings. The molecule has 0 heterocycles. The summed E-state index contributed by atoms with van der Waals surface area (Å²) in [5.41, 5.74) is -0.185. The minimum Gasteiger partial charge on any atom is -0.336 e. The van der Waals surface area contributed by atoms with E-state index in [0.29, 0.717) is 5.33 Å². The maximum absolute atomic E-state index is 13.3. The van der Waals surface area contributed by atoms with E-state index in [1.165, 1.54) is 18.2 Å². The van der Waals surface area contributed by atoms with E-state index in [4.69, 9.17) is 11.6 Å². The fourth-order valence-corrected chi connectivity index (χ4v) is 1.80. The highest BCUT2D eigenvalue weighted by Gasteiger charge is 2.28. The third-order valence-corrected chi connectivity index (χ3v) is 4.48. The van der Waals surface area contributed by atoms with Crippen molar-refractivity contribution in [3.63, 3.8) is 0 Å². The van der Waals surface area contributed by atoms with Gasteiger partial charge < -0.3 is 4.90 Å². The highest BCUT2D eigenvalue weighted by molar-refractivity contribution is 9.09. The fraction of sp³-hybridized carbons (Fsp3) is 0.417. The van der Waals surface area contributed by atoms with Crippen LogP contribution in [0.5, 0.6) is 0 Å².